The maximum atomic E-state index is 10.2. The Morgan fingerprint density at radius 1 is 1.28 bits per heavy atom. The van der Waals surface area contributed by atoms with Gasteiger partial charge in [-0.3, -0.25) is 0 Å². The van der Waals surface area contributed by atoms with Crippen LogP contribution in [0, 0.1) is 17.8 Å². The van der Waals surface area contributed by atoms with E-state index in [0.717, 1.165) is 37.7 Å². The van der Waals surface area contributed by atoms with Crippen LogP contribution in [0.1, 0.15) is 37.3 Å². The van der Waals surface area contributed by atoms with E-state index in [9.17, 15) is 10.2 Å². The minimum Gasteiger partial charge on any atom is -0.508 e. The number of rotatable bonds is 2. The minimum atomic E-state index is -0.128. The van der Waals surface area contributed by atoms with Gasteiger partial charge in [0.05, 0.1) is 6.10 Å². The van der Waals surface area contributed by atoms with Gasteiger partial charge >= 0.3 is 0 Å². The Bertz CT molecular complexity index is 441. The van der Waals surface area contributed by atoms with Crippen LogP contribution in [0.15, 0.2) is 18.2 Å². The van der Waals surface area contributed by atoms with Crippen molar-refractivity contribution in [2.75, 3.05) is 0 Å². The van der Waals surface area contributed by atoms with Crippen LogP contribution in [0.25, 0.3) is 0 Å². The predicted octanol–water partition coefficient (Wildman–Crippen LogP) is 2.90. The molecule has 2 N–H and O–H groups in total. The molecule has 0 aromatic heterocycles. The largest absolute Gasteiger partial charge is 0.508 e. The van der Waals surface area contributed by atoms with Gasteiger partial charge in [0.1, 0.15) is 5.75 Å². The summed E-state index contributed by atoms with van der Waals surface area (Å²) in [5, 5.41) is 20.2. The van der Waals surface area contributed by atoms with E-state index in [-0.39, 0.29) is 6.10 Å². The van der Waals surface area contributed by atoms with Crippen LogP contribution in [0.2, 0.25) is 0 Å². The third-order valence-corrected chi connectivity index (χ3v) is 4.99. The summed E-state index contributed by atoms with van der Waals surface area (Å²) < 4.78 is 0. The van der Waals surface area contributed by atoms with E-state index in [2.05, 4.69) is 13.0 Å². The average Bonchev–Trinajstić information content (AvgIpc) is 2.65. The second kappa shape index (κ2) is 4.58. The zero-order valence-corrected chi connectivity index (χ0v) is 11.0. The molecule has 2 heteroatoms. The smallest absolute Gasteiger partial charge is 0.119 e. The molecule has 2 aliphatic carbocycles. The quantitative estimate of drug-likeness (QED) is 0.842. The van der Waals surface area contributed by atoms with Crippen molar-refractivity contribution in [1.29, 1.82) is 0 Å². The first-order valence-electron chi connectivity index (χ1n) is 7.18. The van der Waals surface area contributed by atoms with Crippen molar-refractivity contribution in [2.24, 2.45) is 17.8 Å². The molecule has 0 spiro atoms. The number of aromatic hydroxyl groups is 1. The zero-order chi connectivity index (χ0) is 12.7. The van der Waals surface area contributed by atoms with E-state index < -0.39 is 0 Å². The molecular formula is C16H22O2. The van der Waals surface area contributed by atoms with Crippen molar-refractivity contribution in [3.63, 3.8) is 0 Å². The standard InChI is InChI=1S/C16H22O2/c1-2-4-12-13-7-10-5-3-6-15(17)14(10)8-11(13)9-16(12)18/h3,5-6,11-13,16-18H,2,4,7-9H2,1H3/t11-,12+,13-,16+/m0/s1. The number of aliphatic hydroxyl groups is 1. The highest BCUT2D eigenvalue weighted by atomic mass is 16.3. The number of phenolic OH excluding ortho intramolecular Hbond substituents is 1. The molecule has 3 rings (SSSR count). The van der Waals surface area contributed by atoms with Crippen LogP contribution in [-0.4, -0.2) is 16.3 Å². The Morgan fingerprint density at radius 3 is 2.89 bits per heavy atom. The Balaban J connectivity index is 1.89. The summed E-state index contributed by atoms with van der Waals surface area (Å²) in [5.74, 6) is 2.10. The molecule has 0 bridgehead atoms. The molecule has 1 aromatic rings. The van der Waals surface area contributed by atoms with Crippen LogP contribution in [0.5, 0.6) is 5.75 Å². The summed E-state index contributed by atoms with van der Waals surface area (Å²) >= 11 is 0. The second-order valence-corrected chi connectivity index (χ2v) is 6.00. The van der Waals surface area contributed by atoms with Crippen molar-refractivity contribution in [2.45, 2.75) is 45.1 Å². The van der Waals surface area contributed by atoms with Gasteiger partial charge in [0.15, 0.2) is 0 Å². The highest BCUT2D eigenvalue weighted by Gasteiger charge is 2.44. The van der Waals surface area contributed by atoms with Gasteiger partial charge < -0.3 is 10.2 Å². The maximum absolute atomic E-state index is 10.2. The first-order valence-corrected chi connectivity index (χ1v) is 7.18. The molecule has 0 amide bonds. The number of phenols is 1. The third-order valence-electron chi connectivity index (χ3n) is 4.99. The zero-order valence-electron chi connectivity index (χ0n) is 11.0. The molecule has 2 aliphatic rings. The van der Waals surface area contributed by atoms with E-state index in [4.69, 9.17) is 0 Å². The topological polar surface area (TPSA) is 40.5 Å². The fourth-order valence-electron chi connectivity index (χ4n) is 4.15. The lowest BCUT2D eigenvalue weighted by atomic mass is 9.74. The second-order valence-electron chi connectivity index (χ2n) is 6.00. The Kier molecular flexibility index (Phi) is 3.06. The van der Waals surface area contributed by atoms with Crippen molar-refractivity contribution in [3.05, 3.63) is 29.3 Å². The molecule has 18 heavy (non-hydrogen) atoms. The number of hydrogen-bond acceptors (Lipinski definition) is 2. The highest BCUT2D eigenvalue weighted by molar-refractivity contribution is 5.42. The van der Waals surface area contributed by atoms with Gasteiger partial charge in [-0.05, 0) is 60.6 Å². The van der Waals surface area contributed by atoms with Crippen molar-refractivity contribution in [1.82, 2.24) is 0 Å². The molecule has 98 valence electrons. The van der Waals surface area contributed by atoms with E-state index in [1.54, 1.807) is 6.07 Å². The molecule has 1 aromatic carbocycles. The number of fused-ring (bicyclic) bond motifs is 2. The molecular weight excluding hydrogens is 224 g/mol. The molecule has 0 unspecified atom stereocenters. The van der Waals surface area contributed by atoms with Gasteiger partial charge in [-0.1, -0.05) is 25.5 Å². The maximum Gasteiger partial charge on any atom is 0.119 e. The summed E-state index contributed by atoms with van der Waals surface area (Å²) in [6, 6.07) is 5.86. The van der Waals surface area contributed by atoms with Crippen molar-refractivity contribution >= 4 is 0 Å². The summed E-state index contributed by atoms with van der Waals surface area (Å²) in [6.07, 6.45) is 5.06. The molecule has 0 aliphatic heterocycles. The van der Waals surface area contributed by atoms with Crippen LogP contribution in [0.4, 0.5) is 0 Å². The van der Waals surface area contributed by atoms with Gasteiger partial charge in [-0.25, -0.2) is 0 Å². The summed E-state index contributed by atoms with van der Waals surface area (Å²) in [5.41, 5.74) is 2.43. The Hall–Kier alpha value is -1.02. The lowest BCUT2D eigenvalue weighted by Crippen LogP contribution is -2.26. The van der Waals surface area contributed by atoms with Gasteiger partial charge in [0.25, 0.3) is 0 Å². The molecule has 4 atom stereocenters. The number of aliphatic hydroxyl groups excluding tert-OH is 1. The third kappa shape index (κ3) is 1.83. The molecule has 1 fully saturated rings. The summed E-state index contributed by atoms with van der Waals surface area (Å²) in [6.45, 7) is 2.20. The Morgan fingerprint density at radius 2 is 2.11 bits per heavy atom. The highest BCUT2D eigenvalue weighted by Crippen LogP contribution is 2.47. The Labute approximate surface area is 109 Å². The predicted molar refractivity (Wildman–Crippen MR) is 71.5 cm³/mol. The fourth-order valence-corrected chi connectivity index (χ4v) is 4.15. The summed E-state index contributed by atoms with van der Waals surface area (Å²) in [7, 11) is 0. The van der Waals surface area contributed by atoms with Crippen LogP contribution < -0.4 is 0 Å². The lowest BCUT2D eigenvalue weighted by Gasteiger charge is -2.31. The van der Waals surface area contributed by atoms with Crippen LogP contribution in [0.3, 0.4) is 0 Å². The van der Waals surface area contributed by atoms with E-state index in [1.165, 1.54) is 5.56 Å². The van der Waals surface area contributed by atoms with Crippen molar-refractivity contribution in [3.8, 4) is 5.75 Å². The van der Waals surface area contributed by atoms with Gasteiger partial charge in [-0.2, -0.15) is 0 Å². The first kappa shape index (κ1) is 12.0. The molecule has 1 saturated carbocycles. The van der Waals surface area contributed by atoms with Crippen LogP contribution in [-0.2, 0) is 12.8 Å². The number of benzene rings is 1. The van der Waals surface area contributed by atoms with E-state index in [1.807, 2.05) is 6.07 Å². The monoisotopic (exact) mass is 246 g/mol. The molecule has 0 radical (unpaired) electrons. The molecule has 0 saturated heterocycles. The fraction of sp³-hybridized carbons (Fsp3) is 0.625. The van der Waals surface area contributed by atoms with E-state index >= 15 is 0 Å². The normalized spacial score (nSPS) is 34.1. The van der Waals surface area contributed by atoms with Crippen LogP contribution >= 0.6 is 0 Å². The summed E-state index contributed by atoms with van der Waals surface area (Å²) in [4.78, 5) is 0. The van der Waals surface area contributed by atoms with Gasteiger partial charge in [-0.15, -0.1) is 0 Å². The minimum absolute atomic E-state index is 0.128. The van der Waals surface area contributed by atoms with Gasteiger partial charge in [0, 0.05) is 0 Å². The van der Waals surface area contributed by atoms with Gasteiger partial charge in [0.2, 0.25) is 0 Å². The first-order chi connectivity index (χ1) is 8.70. The van der Waals surface area contributed by atoms with E-state index in [0.29, 0.717) is 23.5 Å². The number of hydrogen-bond donors (Lipinski definition) is 2. The lowest BCUT2D eigenvalue weighted by molar-refractivity contribution is 0.111. The average molecular weight is 246 g/mol. The van der Waals surface area contributed by atoms with Crippen molar-refractivity contribution < 1.29 is 10.2 Å². The molecule has 0 heterocycles. The molecule has 2 nitrogen and oxygen atoms in total. The SMILES string of the molecule is CCC[C@@H]1[C@H]2Cc3cccc(O)c3C[C@H]2C[C@H]1O.